The summed E-state index contributed by atoms with van der Waals surface area (Å²) in [6.45, 7) is 4.60. The third-order valence-electron chi connectivity index (χ3n) is 3.69. The second-order valence-corrected chi connectivity index (χ2v) is 5.43. The number of rotatable bonds is 4. The standard InChI is InChI=1S/C14H23N3O3/c1-9-8-11-12(10(2)20-9)15-17(4)13(11)14(19)16(3)6-5-7-18/h9-10,18H,5-8H2,1-4H3/t9-,10+/m1/s1. The molecule has 6 heteroatoms. The number of aliphatic hydroxyl groups is 1. The minimum absolute atomic E-state index is 0.0454. The van der Waals surface area contributed by atoms with Crippen LogP contribution < -0.4 is 0 Å². The van der Waals surface area contributed by atoms with Crippen LogP contribution in [-0.2, 0) is 18.2 Å². The van der Waals surface area contributed by atoms with Crippen molar-refractivity contribution in [1.82, 2.24) is 14.7 Å². The fraction of sp³-hybridized carbons (Fsp3) is 0.714. The zero-order chi connectivity index (χ0) is 14.9. The van der Waals surface area contributed by atoms with E-state index in [4.69, 9.17) is 9.84 Å². The second kappa shape index (κ2) is 5.93. The lowest BCUT2D eigenvalue weighted by Gasteiger charge is -2.25. The topological polar surface area (TPSA) is 67.6 Å². The molecule has 1 amide bonds. The highest BCUT2D eigenvalue weighted by molar-refractivity contribution is 5.94. The smallest absolute Gasteiger partial charge is 0.272 e. The first-order valence-corrected chi connectivity index (χ1v) is 7.03. The average Bonchev–Trinajstić information content (AvgIpc) is 2.71. The molecule has 1 N–H and O–H groups in total. The monoisotopic (exact) mass is 281 g/mol. The van der Waals surface area contributed by atoms with Gasteiger partial charge in [0, 0.05) is 39.2 Å². The Bertz CT molecular complexity index is 498. The van der Waals surface area contributed by atoms with Gasteiger partial charge >= 0.3 is 0 Å². The number of hydrogen-bond acceptors (Lipinski definition) is 4. The summed E-state index contributed by atoms with van der Waals surface area (Å²) in [4.78, 5) is 14.2. The minimum atomic E-state index is -0.0794. The largest absolute Gasteiger partial charge is 0.396 e. The molecule has 112 valence electrons. The highest BCUT2D eigenvalue weighted by Crippen LogP contribution is 2.31. The SMILES string of the molecule is C[C@@H]1Cc2c(nn(C)c2C(=O)N(C)CCCO)[C@H](C)O1. The molecule has 0 bridgehead atoms. The van der Waals surface area contributed by atoms with E-state index in [0.717, 1.165) is 11.3 Å². The molecule has 0 aliphatic carbocycles. The van der Waals surface area contributed by atoms with Gasteiger partial charge in [-0.2, -0.15) is 5.10 Å². The maximum Gasteiger partial charge on any atom is 0.272 e. The van der Waals surface area contributed by atoms with Crippen LogP contribution in [0.3, 0.4) is 0 Å². The molecule has 1 aliphatic heterocycles. The summed E-state index contributed by atoms with van der Waals surface area (Å²) in [5.74, 6) is -0.0454. The number of ether oxygens (including phenoxy) is 1. The zero-order valence-electron chi connectivity index (χ0n) is 12.6. The molecule has 20 heavy (non-hydrogen) atoms. The van der Waals surface area contributed by atoms with Crippen molar-refractivity contribution < 1.29 is 14.6 Å². The number of fused-ring (bicyclic) bond motifs is 1. The lowest BCUT2D eigenvalue weighted by Crippen LogP contribution is -2.31. The summed E-state index contributed by atoms with van der Waals surface area (Å²) in [5.41, 5.74) is 2.51. The summed E-state index contributed by atoms with van der Waals surface area (Å²) < 4.78 is 7.41. The van der Waals surface area contributed by atoms with E-state index in [1.807, 2.05) is 13.8 Å². The van der Waals surface area contributed by atoms with Crippen LogP contribution in [0.4, 0.5) is 0 Å². The third kappa shape index (κ3) is 2.71. The van der Waals surface area contributed by atoms with Crippen molar-refractivity contribution in [3.8, 4) is 0 Å². The molecule has 6 nitrogen and oxygen atoms in total. The Kier molecular flexibility index (Phi) is 4.45. The van der Waals surface area contributed by atoms with Crippen LogP contribution >= 0.6 is 0 Å². The molecule has 0 spiro atoms. The maximum absolute atomic E-state index is 12.6. The predicted molar refractivity (Wildman–Crippen MR) is 74.5 cm³/mol. The summed E-state index contributed by atoms with van der Waals surface area (Å²) in [5, 5.41) is 13.3. The molecule has 0 saturated carbocycles. The van der Waals surface area contributed by atoms with Crippen molar-refractivity contribution in [2.24, 2.45) is 7.05 Å². The van der Waals surface area contributed by atoms with Crippen molar-refractivity contribution in [3.05, 3.63) is 17.0 Å². The summed E-state index contributed by atoms with van der Waals surface area (Å²) in [6, 6.07) is 0. The highest BCUT2D eigenvalue weighted by atomic mass is 16.5. The van der Waals surface area contributed by atoms with Crippen LogP contribution in [0.2, 0.25) is 0 Å². The van der Waals surface area contributed by atoms with E-state index in [-0.39, 0.29) is 24.7 Å². The molecule has 0 saturated heterocycles. The summed E-state index contributed by atoms with van der Waals surface area (Å²) >= 11 is 0. The number of carbonyl (C=O) groups is 1. The van der Waals surface area contributed by atoms with Gasteiger partial charge in [-0.25, -0.2) is 0 Å². The summed E-state index contributed by atoms with van der Waals surface area (Å²) in [7, 11) is 3.55. The van der Waals surface area contributed by atoms with Gasteiger partial charge in [0.05, 0.1) is 17.9 Å². The Balaban J connectivity index is 2.30. The van der Waals surface area contributed by atoms with Gasteiger partial charge in [0.15, 0.2) is 0 Å². The van der Waals surface area contributed by atoms with E-state index in [9.17, 15) is 4.79 Å². The van der Waals surface area contributed by atoms with Crippen LogP contribution in [0.1, 0.15) is 48.1 Å². The van der Waals surface area contributed by atoms with Crippen molar-refractivity contribution in [3.63, 3.8) is 0 Å². The molecule has 0 fully saturated rings. The van der Waals surface area contributed by atoms with E-state index in [0.29, 0.717) is 25.1 Å². The van der Waals surface area contributed by atoms with Crippen LogP contribution in [0, 0.1) is 0 Å². The van der Waals surface area contributed by atoms with Gasteiger partial charge in [-0.15, -0.1) is 0 Å². The molecule has 1 aromatic rings. The Hall–Kier alpha value is -1.40. The van der Waals surface area contributed by atoms with Crippen molar-refractivity contribution in [2.75, 3.05) is 20.2 Å². The first-order chi connectivity index (χ1) is 9.45. The summed E-state index contributed by atoms with van der Waals surface area (Å²) in [6.07, 6.45) is 1.31. The number of aryl methyl sites for hydroxylation is 1. The zero-order valence-corrected chi connectivity index (χ0v) is 12.6. The molecular formula is C14H23N3O3. The third-order valence-corrected chi connectivity index (χ3v) is 3.69. The van der Waals surface area contributed by atoms with Gasteiger partial charge in [-0.3, -0.25) is 9.48 Å². The number of carbonyl (C=O) groups excluding carboxylic acids is 1. The number of aliphatic hydroxyl groups excluding tert-OH is 1. The van der Waals surface area contributed by atoms with Crippen molar-refractivity contribution in [2.45, 2.75) is 38.9 Å². The Morgan fingerprint density at radius 2 is 2.25 bits per heavy atom. The van der Waals surface area contributed by atoms with Gasteiger partial charge in [-0.05, 0) is 20.3 Å². The number of hydrogen-bond donors (Lipinski definition) is 1. The van der Waals surface area contributed by atoms with Gasteiger partial charge in [-0.1, -0.05) is 0 Å². The molecule has 1 aromatic heterocycles. The Labute approximate surface area is 119 Å². The maximum atomic E-state index is 12.6. The Morgan fingerprint density at radius 3 is 2.90 bits per heavy atom. The first-order valence-electron chi connectivity index (χ1n) is 7.03. The highest BCUT2D eigenvalue weighted by Gasteiger charge is 2.32. The quantitative estimate of drug-likeness (QED) is 0.890. The molecule has 1 aliphatic rings. The van der Waals surface area contributed by atoms with E-state index in [1.54, 1.807) is 23.7 Å². The van der Waals surface area contributed by atoms with Crippen LogP contribution in [0.25, 0.3) is 0 Å². The van der Waals surface area contributed by atoms with Crippen molar-refractivity contribution in [1.29, 1.82) is 0 Å². The van der Waals surface area contributed by atoms with E-state index in [1.165, 1.54) is 0 Å². The van der Waals surface area contributed by atoms with Crippen LogP contribution in [-0.4, -0.2) is 52.0 Å². The molecule has 2 atom stereocenters. The lowest BCUT2D eigenvalue weighted by molar-refractivity contribution is -0.00713. The number of aromatic nitrogens is 2. The van der Waals surface area contributed by atoms with Gasteiger partial charge in [0.25, 0.3) is 5.91 Å². The second-order valence-electron chi connectivity index (χ2n) is 5.43. The van der Waals surface area contributed by atoms with E-state index >= 15 is 0 Å². The molecule has 0 aromatic carbocycles. The molecular weight excluding hydrogens is 258 g/mol. The molecule has 0 radical (unpaired) electrons. The molecule has 2 rings (SSSR count). The minimum Gasteiger partial charge on any atom is -0.396 e. The van der Waals surface area contributed by atoms with Crippen LogP contribution in [0.15, 0.2) is 0 Å². The van der Waals surface area contributed by atoms with Gasteiger partial charge in [0.2, 0.25) is 0 Å². The van der Waals surface area contributed by atoms with Crippen LogP contribution in [0.5, 0.6) is 0 Å². The van der Waals surface area contributed by atoms with Gasteiger partial charge in [0.1, 0.15) is 5.69 Å². The molecule has 0 unspecified atom stereocenters. The normalized spacial score (nSPS) is 21.6. The fourth-order valence-corrected chi connectivity index (χ4v) is 2.72. The predicted octanol–water partition coefficient (Wildman–Crippen LogP) is 0.897. The number of nitrogens with zero attached hydrogens (tertiary/aromatic N) is 3. The Morgan fingerprint density at radius 1 is 1.55 bits per heavy atom. The van der Waals surface area contributed by atoms with Crippen molar-refractivity contribution >= 4 is 5.91 Å². The lowest BCUT2D eigenvalue weighted by atomic mass is 9.99. The number of amides is 1. The van der Waals surface area contributed by atoms with E-state index < -0.39 is 0 Å². The van der Waals surface area contributed by atoms with E-state index in [2.05, 4.69) is 5.10 Å². The van der Waals surface area contributed by atoms with Gasteiger partial charge < -0.3 is 14.7 Å². The molecule has 2 heterocycles. The average molecular weight is 281 g/mol. The first kappa shape index (κ1) is 15.0. The fourth-order valence-electron chi connectivity index (χ4n) is 2.72.